The Bertz CT molecular complexity index is 549. The zero-order valence-electron chi connectivity index (χ0n) is 11.1. The number of hydrogen-bond donors (Lipinski definition) is 0. The second kappa shape index (κ2) is 6.47. The van der Waals surface area contributed by atoms with Crippen molar-refractivity contribution in [3.63, 3.8) is 0 Å². The largest absolute Gasteiger partial charge is 0.465 e. The van der Waals surface area contributed by atoms with Crippen LogP contribution in [0.15, 0.2) is 18.2 Å². The molecule has 0 aromatic carbocycles. The van der Waals surface area contributed by atoms with Gasteiger partial charge in [0.2, 0.25) is 5.91 Å². The monoisotopic (exact) mass is 293 g/mol. The predicted molar refractivity (Wildman–Crippen MR) is 75.5 cm³/mol. The predicted octanol–water partition coefficient (Wildman–Crippen LogP) is 1.74. The second-order valence-electron chi connectivity index (χ2n) is 4.38. The molecule has 106 valence electrons. The summed E-state index contributed by atoms with van der Waals surface area (Å²) < 4.78 is 4.63. The Morgan fingerprint density at radius 1 is 1.55 bits per heavy atom. The number of hydrogen-bond acceptors (Lipinski definition) is 5. The number of aldehydes is 1. The van der Waals surface area contributed by atoms with Crippen LogP contribution in [0.1, 0.15) is 27.4 Å². The molecule has 1 aromatic heterocycles. The number of amides is 1. The molecule has 1 unspecified atom stereocenters. The third kappa shape index (κ3) is 3.14. The molecule has 2 rings (SSSR count). The molecule has 0 aliphatic carbocycles. The quantitative estimate of drug-likeness (QED) is 0.613. The first-order chi connectivity index (χ1) is 9.65. The summed E-state index contributed by atoms with van der Waals surface area (Å²) in [5, 5.41) is 0. The average molecular weight is 293 g/mol. The van der Waals surface area contributed by atoms with Crippen LogP contribution in [0.3, 0.4) is 0 Å². The molecular formula is C14H15NO4S. The number of rotatable bonds is 5. The molecule has 1 atom stereocenters. The Morgan fingerprint density at radius 2 is 2.35 bits per heavy atom. The molecule has 6 heteroatoms. The van der Waals surface area contributed by atoms with E-state index >= 15 is 0 Å². The highest BCUT2D eigenvalue weighted by Crippen LogP contribution is 2.20. The fraction of sp³-hybridized carbons (Fsp3) is 0.357. The van der Waals surface area contributed by atoms with Gasteiger partial charge in [0.15, 0.2) is 0 Å². The van der Waals surface area contributed by atoms with Gasteiger partial charge in [-0.3, -0.25) is 4.79 Å². The maximum absolute atomic E-state index is 11.6. The number of methoxy groups -OCH3 is 1. The van der Waals surface area contributed by atoms with E-state index in [-0.39, 0.29) is 17.9 Å². The van der Waals surface area contributed by atoms with Gasteiger partial charge in [0.25, 0.3) is 0 Å². The third-order valence-electron chi connectivity index (χ3n) is 3.13. The number of thiophene rings is 1. The molecular weight excluding hydrogens is 278 g/mol. The molecule has 2 heterocycles. The molecule has 5 nitrogen and oxygen atoms in total. The van der Waals surface area contributed by atoms with Crippen LogP contribution in [-0.4, -0.2) is 42.8 Å². The molecule has 1 fully saturated rings. The fourth-order valence-electron chi connectivity index (χ4n) is 2.07. The molecule has 0 radical (unpaired) electrons. The Hall–Kier alpha value is -1.95. The van der Waals surface area contributed by atoms with Gasteiger partial charge in [-0.2, -0.15) is 0 Å². The lowest BCUT2D eigenvalue weighted by Crippen LogP contribution is -2.33. The van der Waals surface area contributed by atoms with Gasteiger partial charge in [0.05, 0.1) is 13.2 Å². The van der Waals surface area contributed by atoms with Crippen molar-refractivity contribution in [3.05, 3.63) is 28.0 Å². The van der Waals surface area contributed by atoms with E-state index in [1.807, 2.05) is 18.2 Å². The summed E-state index contributed by atoms with van der Waals surface area (Å²) in [4.78, 5) is 36.7. The van der Waals surface area contributed by atoms with Crippen molar-refractivity contribution in [2.24, 2.45) is 0 Å². The Kier molecular flexibility index (Phi) is 4.68. The van der Waals surface area contributed by atoms with E-state index in [1.54, 1.807) is 11.0 Å². The van der Waals surface area contributed by atoms with Gasteiger partial charge < -0.3 is 14.4 Å². The number of likely N-dealkylation sites (tertiary alicyclic amines) is 1. The summed E-state index contributed by atoms with van der Waals surface area (Å²) in [5.41, 5.74) is 0. The van der Waals surface area contributed by atoms with Crippen molar-refractivity contribution >= 4 is 35.6 Å². The van der Waals surface area contributed by atoms with Crippen molar-refractivity contribution in [1.82, 2.24) is 4.90 Å². The van der Waals surface area contributed by atoms with Crippen LogP contribution < -0.4 is 0 Å². The molecule has 0 bridgehead atoms. The topological polar surface area (TPSA) is 63.7 Å². The van der Waals surface area contributed by atoms with Crippen LogP contribution in [0.2, 0.25) is 0 Å². The number of nitrogens with zero attached hydrogens (tertiary/aromatic N) is 1. The SMILES string of the molecule is COC(=O)c1ccc(/C=C\CN2C(=O)CCC2C=O)s1. The van der Waals surface area contributed by atoms with Gasteiger partial charge in [0.1, 0.15) is 11.2 Å². The maximum Gasteiger partial charge on any atom is 0.348 e. The Morgan fingerprint density at radius 3 is 3.05 bits per heavy atom. The third-order valence-corrected chi connectivity index (χ3v) is 4.16. The van der Waals surface area contributed by atoms with Crippen LogP contribution >= 0.6 is 11.3 Å². The lowest BCUT2D eigenvalue weighted by atomic mass is 10.2. The molecule has 1 saturated heterocycles. The fourth-order valence-corrected chi connectivity index (χ4v) is 2.93. The molecule has 1 amide bonds. The standard InChI is InChI=1S/C14H15NO4S/c1-19-14(18)12-6-5-11(20-12)3-2-8-15-10(9-16)4-7-13(15)17/h2-3,5-6,9-10H,4,7-8H2,1H3/b3-2-. The minimum atomic E-state index is -0.356. The van der Waals surface area contributed by atoms with Crippen molar-refractivity contribution in [2.45, 2.75) is 18.9 Å². The highest BCUT2D eigenvalue weighted by atomic mass is 32.1. The van der Waals surface area contributed by atoms with Crippen LogP contribution in [0.5, 0.6) is 0 Å². The van der Waals surface area contributed by atoms with Gasteiger partial charge in [-0.15, -0.1) is 11.3 Å². The van der Waals surface area contributed by atoms with Gasteiger partial charge in [-0.25, -0.2) is 4.79 Å². The lowest BCUT2D eigenvalue weighted by Gasteiger charge is -2.18. The van der Waals surface area contributed by atoms with Crippen molar-refractivity contribution in [3.8, 4) is 0 Å². The number of carbonyl (C=O) groups excluding carboxylic acids is 3. The van der Waals surface area contributed by atoms with Crippen LogP contribution in [0, 0.1) is 0 Å². The second-order valence-corrected chi connectivity index (χ2v) is 5.50. The van der Waals surface area contributed by atoms with Crippen LogP contribution in [0.25, 0.3) is 6.08 Å². The molecule has 1 aromatic rings. The number of esters is 1. The van der Waals surface area contributed by atoms with Crippen molar-refractivity contribution < 1.29 is 19.1 Å². The van der Waals surface area contributed by atoms with Crippen molar-refractivity contribution in [1.29, 1.82) is 0 Å². The summed E-state index contributed by atoms with van der Waals surface area (Å²) in [5.74, 6) is -0.349. The summed E-state index contributed by atoms with van der Waals surface area (Å²) in [6.45, 7) is 0.410. The summed E-state index contributed by atoms with van der Waals surface area (Å²) in [7, 11) is 1.34. The first-order valence-corrected chi connectivity index (χ1v) is 7.07. The molecule has 0 saturated carbocycles. The highest BCUT2D eigenvalue weighted by Gasteiger charge is 2.29. The normalized spacial score (nSPS) is 18.8. The Balaban J connectivity index is 1.96. The van der Waals surface area contributed by atoms with Gasteiger partial charge in [-0.1, -0.05) is 6.08 Å². The average Bonchev–Trinajstić information content (AvgIpc) is 3.06. The molecule has 1 aliphatic rings. The van der Waals surface area contributed by atoms with E-state index < -0.39 is 0 Å². The first kappa shape index (κ1) is 14.5. The summed E-state index contributed by atoms with van der Waals surface area (Å²) >= 11 is 1.32. The van der Waals surface area contributed by atoms with Gasteiger partial charge in [-0.05, 0) is 24.6 Å². The van der Waals surface area contributed by atoms with Gasteiger partial charge >= 0.3 is 5.97 Å². The van der Waals surface area contributed by atoms with E-state index in [0.29, 0.717) is 24.3 Å². The lowest BCUT2D eigenvalue weighted by molar-refractivity contribution is -0.130. The Labute approximate surface area is 120 Å². The van der Waals surface area contributed by atoms with E-state index in [0.717, 1.165) is 11.2 Å². The van der Waals surface area contributed by atoms with Crippen LogP contribution in [0.4, 0.5) is 0 Å². The van der Waals surface area contributed by atoms with E-state index in [1.165, 1.54) is 18.4 Å². The minimum absolute atomic E-state index is 0.00757. The number of ether oxygens (including phenoxy) is 1. The molecule has 20 heavy (non-hydrogen) atoms. The summed E-state index contributed by atoms with van der Waals surface area (Å²) in [6.07, 6.45) is 5.51. The van der Waals surface area contributed by atoms with E-state index in [4.69, 9.17) is 0 Å². The van der Waals surface area contributed by atoms with Gasteiger partial charge in [0, 0.05) is 17.8 Å². The maximum atomic E-state index is 11.6. The highest BCUT2D eigenvalue weighted by molar-refractivity contribution is 7.14. The van der Waals surface area contributed by atoms with E-state index in [9.17, 15) is 14.4 Å². The van der Waals surface area contributed by atoms with Crippen LogP contribution in [-0.2, 0) is 14.3 Å². The molecule has 0 spiro atoms. The first-order valence-electron chi connectivity index (χ1n) is 6.25. The molecule has 1 aliphatic heterocycles. The zero-order valence-corrected chi connectivity index (χ0v) is 11.9. The van der Waals surface area contributed by atoms with E-state index in [2.05, 4.69) is 4.74 Å². The smallest absolute Gasteiger partial charge is 0.348 e. The number of carbonyl (C=O) groups is 3. The van der Waals surface area contributed by atoms with Crippen molar-refractivity contribution in [2.75, 3.05) is 13.7 Å². The molecule has 0 N–H and O–H groups in total. The minimum Gasteiger partial charge on any atom is -0.465 e. The zero-order chi connectivity index (χ0) is 14.5. The summed E-state index contributed by atoms with van der Waals surface area (Å²) in [6, 6.07) is 3.21.